The molecule has 0 spiro atoms. The number of hydrogen-bond acceptors (Lipinski definition) is 5. The Morgan fingerprint density at radius 2 is 1.68 bits per heavy atom. The number of amides is 2. The summed E-state index contributed by atoms with van der Waals surface area (Å²) in [6.07, 6.45) is 1.48. The van der Waals surface area contributed by atoms with Crippen molar-refractivity contribution in [1.82, 2.24) is 10.0 Å². The average Bonchev–Trinajstić information content (AvgIpc) is 3.34. The third-order valence-electron chi connectivity index (χ3n) is 5.04. The number of rotatable bonds is 10. The first-order chi connectivity index (χ1) is 16.2. The zero-order valence-corrected chi connectivity index (χ0v) is 19.6. The first-order valence-corrected chi connectivity index (χ1v) is 12.1. The van der Waals surface area contributed by atoms with Crippen molar-refractivity contribution in [1.29, 1.82) is 0 Å². The Hall–Kier alpha value is -3.50. The van der Waals surface area contributed by atoms with Gasteiger partial charge in [0.15, 0.2) is 0 Å². The fourth-order valence-electron chi connectivity index (χ4n) is 3.40. The van der Waals surface area contributed by atoms with Crippen LogP contribution in [0.2, 0.25) is 0 Å². The fourth-order valence-corrected chi connectivity index (χ4v) is 4.39. The first-order valence-electron chi connectivity index (χ1n) is 10.6. The average molecular weight is 488 g/mol. The van der Waals surface area contributed by atoms with Crippen LogP contribution in [0.3, 0.4) is 0 Å². The lowest BCUT2D eigenvalue weighted by Gasteiger charge is -2.33. The van der Waals surface area contributed by atoms with E-state index < -0.39 is 40.2 Å². The second-order valence-electron chi connectivity index (χ2n) is 7.86. The number of furan rings is 1. The number of carbonyl (C=O) groups is 2. The monoisotopic (exact) mass is 487 g/mol. The predicted octanol–water partition coefficient (Wildman–Crippen LogP) is 3.07. The fraction of sp³-hybridized carbons (Fsp3) is 0.250. The quantitative estimate of drug-likeness (QED) is 0.457. The molecule has 1 aromatic heterocycles. The van der Waals surface area contributed by atoms with Crippen LogP contribution < -0.4 is 14.9 Å². The molecule has 34 heavy (non-hydrogen) atoms. The number of anilines is 1. The maximum absolute atomic E-state index is 13.6. The molecule has 180 valence electrons. The molecule has 0 unspecified atom stereocenters. The van der Waals surface area contributed by atoms with Gasteiger partial charge in [-0.3, -0.25) is 14.5 Å². The minimum Gasteiger partial charge on any atom is -0.467 e. The number of sulfonamides is 1. The molecule has 0 aliphatic rings. The van der Waals surface area contributed by atoms with E-state index in [1.807, 2.05) is 0 Å². The largest absolute Gasteiger partial charge is 0.467 e. The van der Waals surface area contributed by atoms with E-state index in [2.05, 4.69) is 10.0 Å². The molecule has 3 aromatic rings. The van der Waals surface area contributed by atoms with Crippen molar-refractivity contribution in [2.24, 2.45) is 5.92 Å². The molecule has 8 nitrogen and oxygen atoms in total. The Morgan fingerprint density at radius 1 is 1.00 bits per heavy atom. The second kappa shape index (κ2) is 11.1. The smallest absolute Gasteiger partial charge is 0.243 e. The highest BCUT2D eigenvalue weighted by Gasteiger charge is 2.34. The minimum atomic E-state index is -3.95. The molecule has 0 fully saturated rings. The van der Waals surface area contributed by atoms with Gasteiger partial charge in [-0.05, 0) is 54.4 Å². The van der Waals surface area contributed by atoms with Crippen LogP contribution in [0.5, 0.6) is 0 Å². The summed E-state index contributed by atoms with van der Waals surface area (Å²) in [6, 6.07) is 15.1. The molecule has 0 saturated heterocycles. The molecule has 1 heterocycles. The van der Waals surface area contributed by atoms with Gasteiger partial charge in [0.1, 0.15) is 17.6 Å². The molecule has 0 radical (unpaired) electrons. The predicted molar refractivity (Wildman–Crippen MR) is 125 cm³/mol. The SMILES string of the molecule is CC(C)[C@@H](C(=O)NCc1ccco1)N(C(=O)CNS(=O)(=O)c1ccccc1)c1ccc(F)cc1. The molecule has 3 rings (SSSR count). The van der Waals surface area contributed by atoms with Crippen molar-refractivity contribution in [3.8, 4) is 0 Å². The highest BCUT2D eigenvalue weighted by molar-refractivity contribution is 7.89. The highest BCUT2D eigenvalue weighted by atomic mass is 32.2. The summed E-state index contributed by atoms with van der Waals surface area (Å²) < 4.78 is 46.3. The van der Waals surface area contributed by atoms with Crippen LogP contribution in [-0.4, -0.2) is 32.8 Å². The highest BCUT2D eigenvalue weighted by Crippen LogP contribution is 2.23. The Balaban J connectivity index is 1.86. The summed E-state index contributed by atoms with van der Waals surface area (Å²) in [6.45, 7) is 3.04. The van der Waals surface area contributed by atoms with Gasteiger partial charge in [0, 0.05) is 5.69 Å². The van der Waals surface area contributed by atoms with Crippen LogP contribution in [0.1, 0.15) is 19.6 Å². The van der Waals surface area contributed by atoms with Crippen molar-refractivity contribution < 1.29 is 26.8 Å². The molecule has 0 aliphatic carbocycles. The maximum atomic E-state index is 13.6. The van der Waals surface area contributed by atoms with E-state index in [-0.39, 0.29) is 23.0 Å². The van der Waals surface area contributed by atoms with E-state index >= 15 is 0 Å². The van der Waals surface area contributed by atoms with Crippen molar-refractivity contribution in [3.63, 3.8) is 0 Å². The Kier molecular flexibility index (Phi) is 8.19. The number of nitrogens with one attached hydrogen (secondary N) is 2. The van der Waals surface area contributed by atoms with Crippen molar-refractivity contribution >= 4 is 27.5 Å². The molecule has 0 aliphatic heterocycles. The van der Waals surface area contributed by atoms with Crippen LogP contribution in [0.15, 0.2) is 82.3 Å². The maximum Gasteiger partial charge on any atom is 0.243 e. The summed E-state index contributed by atoms with van der Waals surface area (Å²) in [5.74, 6) is -1.46. The zero-order chi connectivity index (χ0) is 24.7. The first kappa shape index (κ1) is 25.1. The molecule has 2 N–H and O–H groups in total. The third-order valence-corrected chi connectivity index (χ3v) is 6.45. The van der Waals surface area contributed by atoms with Crippen molar-refractivity contribution in [2.75, 3.05) is 11.4 Å². The summed E-state index contributed by atoms with van der Waals surface area (Å²) in [4.78, 5) is 27.6. The van der Waals surface area contributed by atoms with Gasteiger partial charge in [0.25, 0.3) is 0 Å². The molecular weight excluding hydrogens is 461 g/mol. The summed E-state index contributed by atoms with van der Waals surface area (Å²) >= 11 is 0. The van der Waals surface area contributed by atoms with Crippen LogP contribution >= 0.6 is 0 Å². The second-order valence-corrected chi connectivity index (χ2v) is 9.63. The summed E-state index contributed by atoms with van der Waals surface area (Å²) in [5, 5.41) is 2.74. The van der Waals surface area contributed by atoms with Gasteiger partial charge in [-0.15, -0.1) is 0 Å². The summed E-state index contributed by atoms with van der Waals surface area (Å²) in [7, 11) is -3.95. The van der Waals surface area contributed by atoms with E-state index in [9.17, 15) is 22.4 Å². The minimum absolute atomic E-state index is 0.00716. The lowest BCUT2D eigenvalue weighted by Crippen LogP contribution is -2.54. The molecule has 0 bridgehead atoms. The lowest BCUT2D eigenvalue weighted by atomic mass is 10.00. The van der Waals surface area contributed by atoms with E-state index in [0.717, 1.165) is 0 Å². The third kappa shape index (κ3) is 6.30. The number of benzene rings is 2. The van der Waals surface area contributed by atoms with Crippen LogP contribution in [0, 0.1) is 11.7 Å². The van der Waals surface area contributed by atoms with Crippen molar-refractivity contribution in [2.45, 2.75) is 31.3 Å². The van der Waals surface area contributed by atoms with Crippen molar-refractivity contribution in [3.05, 3.63) is 84.6 Å². The lowest BCUT2D eigenvalue weighted by molar-refractivity contribution is -0.127. The molecule has 10 heteroatoms. The number of halogens is 1. The zero-order valence-electron chi connectivity index (χ0n) is 18.8. The molecular formula is C24H26FN3O5S. The molecule has 2 amide bonds. The van der Waals surface area contributed by atoms with Gasteiger partial charge in [-0.1, -0.05) is 32.0 Å². The van der Waals surface area contributed by atoms with Gasteiger partial charge in [-0.2, -0.15) is 0 Å². The van der Waals surface area contributed by atoms with Crippen LogP contribution in [-0.2, 0) is 26.2 Å². The van der Waals surface area contributed by atoms with Crippen LogP contribution in [0.25, 0.3) is 0 Å². The van der Waals surface area contributed by atoms with Gasteiger partial charge >= 0.3 is 0 Å². The normalized spacial score (nSPS) is 12.4. The van der Waals surface area contributed by atoms with Gasteiger partial charge in [0.05, 0.1) is 24.2 Å². The van der Waals surface area contributed by atoms with Gasteiger partial charge in [-0.25, -0.2) is 17.5 Å². The standard InChI is InChI=1S/C24H26FN3O5S/c1-17(2)23(24(30)26-15-20-7-6-14-33-20)28(19-12-10-18(25)11-13-19)22(29)16-27-34(31,32)21-8-4-3-5-9-21/h3-14,17,23,27H,15-16H2,1-2H3,(H,26,30)/t23-/m0/s1. The van der Waals surface area contributed by atoms with E-state index in [0.29, 0.717) is 5.76 Å². The molecule has 2 aromatic carbocycles. The van der Waals surface area contributed by atoms with Gasteiger partial charge in [0.2, 0.25) is 21.8 Å². The van der Waals surface area contributed by atoms with E-state index in [1.54, 1.807) is 44.2 Å². The van der Waals surface area contributed by atoms with E-state index in [1.165, 1.54) is 47.6 Å². The van der Waals surface area contributed by atoms with Gasteiger partial charge < -0.3 is 9.73 Å². The Morgan fingerprint density at radius 3 is 2.26 bits per heavy atom. The molecule has 1 atom stereocenters. The number of nitrogens with zero attached hydrogens (tertiary/aromatic N) is 1. The Bertz CT molecular complexity index is 1200. The van der Waals surface area contributed by atoms with Crippen LogP contribution in [0.4, 0.5) is 10.1 Å². The molecule has 0 saturated carbocycles. The number of carbonyl (C=O) groups excluding carboxylic acids is 2. The Labute approximate surface area is 197 Å². The summed E-state index contributed by atoms with van der Waals surface area (Å²) in [5.41, 5.74) is 0.261. The number of hydrogen-bond donors (Lipinski definition) is 2. The van der Waals surface area contributed by atoms with E-state index in [4.69, 9.17) is 4.42 Å². The topological polar surface area (TPSA) is 109 Å².